The van der Waals surface area contributed by atoms with Crippen molar-refractivity contribution in [2.45, 2.75) is 58.5 Å². The van der Waals surface area contributed by atoms with E-state index in [4.69, 9.17) is 4.74 Å². The fourth-order valence-electron chi connectivity index (χ4n) is 3.43. The van der Waals surface area contributed by atoms with E-state index in [0.717, 1.165) is 32.1 Å². The van der Waals surface area contributed by atoms with Crippen LogP contribution in [0.5, 0.6) is 5.75 Å². The zero-order chi connectivity index (χ0) is 25.5. The van der Waals surface area contributed by atoms with Gasteiger partial charge in [0.1, 0.15) is 5.75 Å². The van der Waals surface area contributed by atoms with Crippen molar-refractivity contribution < 1.29 is 24.2 Å². The summed E-state index contributed by atoms with van der Waals surface area (Å²) in [5.41, 5.74) is 1.25. The molecule has 0 saturated carbocycles. The standard InChI is InChI=1S/C27H37N3O5/c1-21(2)35-27(34)30(20-17-25(32)29-23-13-15-24(31)16-14-23)19-10-5-3-4-9-18-28-26(33)22-11-7-6-8-12-22/h6-8,11-16,21,31H,3-5,9-10,17-20H2,1-2H3,(H,28,33)(H,29,32). The van der Waals surface area contributed by atoms with Gasteiger partial charge in [0.05, 0.1) is 6.10 Å². The lowest BCUT2D eigenvalue weighted by Gasteiger charge is -2.23. The molecule has 0 aliphatic rings. The van der Waals surface area contributed by atoms with Crippen molar-refractivity contribution in [3.05, 3.63) is 60.2 Å². The van der Waals surface area contributed by atoms with E-state index in [1.54, 1.807) is 43.0 Å². The fourth-order valence-corrected chi connectivity index (χ4v) is 3.43. The first-order valence-corrected chi connectivity index (χ1v) is 12.2. The van der Waals surface area contributed by atoms with Crippen molar-refractivity contribution in [3.63, 3.8) is 0 Å². The van der Waals surface area contributed by atoms with Crippen molar-refractivity contribution in [2.75, 3.05) is 25.0 Å². The van der Waals surface area contributed by atoms with Gasteiger partial charge in [-0.1, -0.05) is 37.5 Å². The zero-order valence-electron chi connectivity index (χ0n) is 20.7. The number of carbonyl (C=O) groups is 3. The van der Waals surface area contributed by atoms with Gasteiger partial charge in [0.2, 0.25) is 5.91 Å². The van der Waals surface area contributed by atoms with Crippen molar-refractivity contribution in [3.8, 4) is 5.75 Å². The Balaban J connectivity index is 1.65. The summed E-state index contributed by atoms with van der Waals surface area (Å²) in [6.45, 7) is 5.01. The summed E-state index contributed by atoms with van der Waals surface area (Å²) >= 11 is 0. The normalized spacial score (nSPS) is 10.6. The van der Waals surface area contributed by atoms with Crippen LogP contribution in [0.15, 0.2) is 54.6 Å². The Labute approximate surface area is 207 Å². The summed E-state index contributed by atoms with van der Waals surface area (Å²) in [6, 6.07) is 15.4. The predicted octanol–water partition coefficient (Wildman–Crippen LogP) is 4.95. The van der Waals surface area contributed by atoms with Gasteiger partial charge in [-0.15, -0.1) is 0 Å². The number of rotatable bonds is 14. The number of ether oxygens (including phenoxy) is 1. The van der Waals surface area contributed by atoms with Crippen LogP contribution >= 0.6 is 0 Å². The smallest absolute Gasteiger partial charge is 0.410 e. The lowest BCUT2D eigenvalue weighted by atomic mass is 10.1. The Morgan fingerprint density at radius 1 is 0.886 bits per heavy atom. The molecule has 0 fully saturated rings. The second-order valence-electron chi connectivity index (χ2n) is 8.65. The largest absolute Gasteiger partial charge is 0.508 e. The van der Waals surface area contributed by atoms with Crippen LogP contribution in [0.1, 0.15) is 62.7 Å². The highest BCUT2D eigenvalue weighted by Gasteiger charge is 2.17. The van der Waals surface area contributed by atoms with Crippen LogP contribution in [-0.4, -0.2) is 53.7 Å². The number of hydrogen-bond acceptors (Lipinski definition) is 5. The number of hydrogen-bond donors (Lipinski definition) is 3. The molecule has 0 saturated heterocycles. The number of amides is 3. The monoisotopic (exact) mass is 483 g/mol. The van der Waals surface area contributed by atoms with Crippen LogP contribution in [0.2, 0.25) is 0 Å². The first-order chi connectivity index (χ1) is 16.8. The highest BCUT2D eigenvalue weighted by atomic mass is 16.6. The van der Waals surface area contributed by atoms with Gasteiger partial charge < -0.3 is 25.4 Å². The highest BCUT2D eigenvalue weighted by molar-refractivity contribution is 5.94. The van der Waals surface area contributed by atoms with E-state index in [1.165, 1.54) is 12.1 Å². The quantitative estimate of drug-likeness (QED) is 0.260. The maximum Gasteiger partial charge on any atom is 0.410 e. The summed E-state index contributed by atoms with van der Waals surface area (Å²) in [7, 11) is 0. The van der Waals surface area contributed by atoms with Crippen LogP contribution in [0.25, 0.3) is 0 Å². The molecule has 0 heterocycles. The van der Waals surface area contributed by atoms with Gasteiger partial charge in [0, 0.05) is 37.3 Å². The summed E-state index contributed by atoms with van der Waals surface area (Å²) < 4.78 is 5.33. The third-order valence-electron chi connectivity index (χ3n) is 5.28. The molecule has 0 spiro atoms. The van der Waals surface area contributed by atoms with Crippen LogP contribution in [0.3, 0.4) is 0 Å². The van der Waals surface area contributed by atoms with Gasteiger partial charge in [-0.3, -0.25) is 9.59 Å². The van der Waals surface area contributed by atoms with E-state index in [1.807, 2.05) is 18.2 Å². The molecule has 2 rings (SSSR count). The van der Waals surface area contributed by atoms with E-state index < -0.39 is 6.09 Å². The molecule has 190 valence electrons. The summed E-state index contributed by atoms with van der Waals surface area (Å²) in [4.78, 5) is 38.3. The van der Waals surface area contributed by atoms with Gasteiger partial charge >= 0.3 is 6.09 Å². The Morgan fingerprint density at radius 2 is 1.54 bits per heavy atom. The molecule has 0 bridgehead atoms. The molecule has 0 atom stereocenters. The Bertz CT molecular complexity index is 916. The van der Waals surface area contributed by atoms with Crippen molar-refractivity contribution >= 4 is 23.6 Å². The maximum absolute atomic E-state index is 12.5. The Hall–Kier alpha value is -3.55. The number of aromatic hydroxyl groups is 1. The molecule has 0 aliphatic heterocycles. The molecule has 3 amide bonds. The second kappa shape index (κ2) is 15.4. The van der Waals surface area contributed by atoms with E-state index in [2.05, 4.69) is 10.6 Å². The molecule has 0 aromatic heterocycles. The van der Waals surface area contributed by atoms with Crippen molar-refractivity contribution in [1.29, 1.82) is 0 Å². The number of phenolic OH excluding ortho intramolecular Hbond substituents is 1. The average molecular weight is 484 g/mol. The lowest BCUT2D eigenvalue weighted by Crippen LogP contribution is -2.36. The van der Waals surface area contributed by atoms with Gasteiger partial charge in [0.25, 0.3) is 5.91 Å². The van der Waals surface area contributed by atoms with Crippen molar-refractivity contribution in [1.82, 2.24) is 10.2 Å². The Kier molecular flexibility index (Phi) is 12.2. The predicted molar refractivity (Wildman–Crippen MR) is 136 cm³/mol. The number of unbranched alkanes of at least 4 members (excludes halogenated alkanes) is 4. The molecule has 0 unspecified atom stereocenters. The van der Waals surface area contributed by atoms with E-state index in [9.17, 15) is 19.5 Å². The minimum absolute atomic E-state index is 0.0562. The molecular weight excluding hydrogens is 446 g/mol. The fraction of sp³-hybridized carbons (Fsp3) is 0.444. The maximum atomic E-state index is 12.5. The van der Waals surface area contributed by atoms with Crippen LogP contribution in [-0.2, 0) is 9.53 Å². The third-order valence-corrected chi connectivity index (χ3v) is 5.28. The summed E-state index contributed by atoms with van der Waals surface area (Å²) in [6.07, 6.45) is 4.13. The molecule has 35 heavy (non-hydrogen) atoms. The zero-order valence-corrected chi connectivity index (χ0v) is 20.7. The second-order valence-corrected chi connectivity index (χ2v) is 8.65. The molecule has 3 N–H and O–H groups in total. The summed E-state index contributed by atoms with van der Waals surface area (Å²) in [5.74, 6) is -0.141. The highest BCUT2D eigenvalue weighted by Crippen LogP contribution is 2.14. The number of nitrogens with zero attached hydrogens (tertiary/aromatic N) is 1. The number of carbonyl (C=O) groups excluding carboxylic acids is 3. The lowest BCUT2D eigenvalue weighted by molar-refractivity contribution is -0.116. The molecule has 0 radical (unpaired) electrons. The average Bonchev–Trinajstić information content (AvgIpc) is 2.84. The topological polar surface area (TPSA) is 108 Å². The van der Waals surface area contributed by atoms with Crippen LogP contribution in [0.4, 0.5) is 10.5 Å². The molecule has 8 heteroatoms. The van der Waals surface area contributed by atoms with E-state index in [0.29, 0.717) is 24.3 Å². The van der Waals surface area contributed by atoms with E-state index in [-0.39, 0.29) is 36.6 Å². The van der Waals surface area contributed by atoms with Gasteiger partial charge in [0.15, 0.2) is 0 Å². The van der Waals surface area contributed by atoms with Gasteiger partial charge in [-0.2, -0.15) is 0 Å². The molecule has 0 aliphatic carbocycles. The van der Waals surface area contributed by atoms with Crippen LogP contribution < -0.4 is 10.6 Å². The molecule has 2 aromatic rings. The Morgan fingerprint density at radius 3 is 2.23 bits per heavy atom. The number of nitrogens with one attached hydrogen (secondary N) is 2. The third kappa shape index (κ3) is 11.4. The molecule has 8 nitrogen and oxygen atoms in total. The molecule has 2 aromatic carbocycles. The number of phenols is 1. The minimum atomic E-state index is -0.416. The summed E-state index contributed by atoms with van der Waals surface area (Å²) in [5, 5.41) is 15.0. The first kappa shape index (κ1) is 27.7. The van der Waals surface area contributed by atoms with E-state index >= 15 is 0 Å². The number of anilines is 1. The minimum Gasteiger partial charge on any atom is -0.508 e. The van der Waals surface area contributed by atoms with Gasteiger partial charge in [-0.05, 0) is 63.1 Å². The number of benzene rings is 2. The molecular formula is C27H37N3O5. The van der Waals surface area contributed by atoms with Gasteiger partial charge in [-0.25, -0.2) is 4.79 Å². The first-order valence-electron chi connectivity index (χ1n) is 12.2. The van der Waals surface area contributed by atoms with Crippen molar-refractivity contribution in [2.24, 2.45) is 0 Å². The van der Waals surface area contributed by atoms with Crippen LogP contribution in [0, 0.1) is 0 Å². The SMILES string of the molecule is CC(C)OC(=O)N(CCCCCCCNC(=O)c1ccccc1)CCC(=O)Nc1ccc(O)cc1.